The van der Waals surface area contributed by atoms with Crippen LogP contribution in [0.3, 0.4) is 0 Å². The number of nitrogens with zero attached hydrogens (tertiary/aromatic N) is 2. The highest BCUT2D eigenvalue weighted by molar-refractivity contribution is 7.16. The van der Waals surface area contributed by atoms with Crippen LogP contribution >= 0.6 is 22.9 Å². The summed E-state index contributed by atoms with van der Waals surface area (Å²) in [4.78, 5) is 24.0. The van der Waals surface area contributed by atoms with Crippen molar-refractivity contribution in [2.45, 2.75) is 6.92 Å². The fourth-order valence-corrected chi connectivity index (χ4v) is 3.76. The van der Waals surface area contributed by atoms with Crippen LogP contribution < -0.4 is 14.7 Å². The number of hydrogen-bond donors (Lipinski definition) is 0. The summed E-state index contributed by atoms with van der Waals surface area (Å²) in [5.74, 6) is 0.179. The van der Waals surface area contributed by atoms with Crippen LogP contribution in [0.25, 0.3) is 16.4 Å². The summed E-state index contributed by atoms with van der Waals surface area (Å²) < 4.78 is 11.1. The number of fused-ring (bicyclic) bond motifs is 1. The number of methoxy groups -OCH3 is 1. The third kappa shape index (κ3) is 3.15. The molecule has 0 atom stereocenters. The van der Waals surface area contributed by atoms with Crippen LogP contribution in [0.1, 0.15) is 12.5 Å². The van der Waals surface area contributed by atoms with Crippen molar-refractivity contribution in [2.75, 3.05) is 12.1 Å². The minimum absolute atomic E-state index is 0.255. The molecule has 2 heterocycles. The number of anilines is 1. The van der Waals surface area contributed by atoms with Gasteiger partial charge in [0, 0.05) is 5.02 Å². The average molecular weight is 401 g/mol. The second-order valence-corrected chi connectivity index (χ2v) is 7.26. The Labute approximate surface area is 162 Å². The molecule has 0 aliphatic carbocycles. The van der Waals surface area contributed by atoms with E-state index in [9.17, 15) is 9.59 Å². The molecule has 0 radical (unpaired) electrons. The zero-order valence-corrected chi connectivity index (χ0v) is 15.9. The summed E-state index contributed by atoms with van der Waals surface area (Å²) in [7, 11) is 1.50. The van der Waals surface area contributed by atoms with Gasteiger partial charge < -0.3 is 9.15 Å². The van der Waals surface area contributed by atoms with Gasteiger partial charge in [0.15, 0.2) is 11.3 Å². The van der Waals surface area contributed by atoms with E-state index in [4.69, 9.17) is 20.8 Å². The van der Waals surface area contributed by atoms with Crippen molar-refractivity contribution in [1.29, 1.82) is 0 Å². The number of halogens is 1. The second-order valence-electron chi connectivity index (χ2n) is 5.84. The second kappa shape index (κ2) is 6.68. The van der Waals surface area contributed by atoms with Gasteiger partial charge in [0.25, 0.3) is 5.91 Å². The SMILES string of the molecule is COc1cc(/C=C2/C(=O)N(c3cccc(Cl)c3)N=C2C)cc2sc(=O)oc12. The Balaban J connectivity index is 1.76. The maximum absolute atomic E-state index is 12.9. The zero-order valence-electron chi connectivity index (χ0n) is 14.4. The summed E-state index contributed by atoms with van der Waals surface area (Å²) in [5.41, 5.74) is 2.74. The zero-order chi connectivity index (χ0) is 19.1. The number of carbonyl (C=O) groups excluding carboxylic acids is 1. The number of rotatable bonds is 3. The number of carbonyl (C=O) groups is 1. The Kier molecular flexibility index (Phi) is 4.33. The molecule has 136 valence electrons. The average Bonchev–Trinajstić information content (AvgIpc) is 3.14. The number of hydrogen-bond acceptors (Lipinski definition) is 6. The van der Waals surface area contributed by atoms with Crippen molar-refractivity contribution in [3.8, 4) is 5.75 Å². The van der Waals surface area contributed by atoms with Gasteiger partial charge >= 0.3 is 4.94 Å². The molecular weight excluding hydrogens is 388 g/mol. The third-order valence-corrected chi connectivity index (χ3v) is 5.08. The highest BCUT2D eigenvalue weighted by Gasteiger charge is 2.29. The van der Waals surface area contributed by atoms with E-state index in [0.29, 0.717) is 43.6 Å². The first-order valence-electron chi connectivity index (χ1n) is 7.95. The molecule has 6 nitrogen and oxygen atoms in total. The Morgan fingerprint density at radius 1 is 1.26 bits per heavy atom. The van der Waals surface area contributed by atoms with Crippen LogP contribution in [-0.4, -0.2) is 18.7 Å². The van der Waals surface area contributed by atoms with Crippen molar-refractivity contribution in [3.63, 3.8) is 0 Å². The van der Waals surface area contributed by atoms with Gasteiger partial charge in [-0.2, -0.15) is 10.1 Å². The van der Waals surface area contributed by atoms with E-state index in [2.05, 4.69) is 5.10 Å². The van der Waals surface area contributed by atoms with Crippen LogP contribution in [0.4, 0.5) is 5.69 Å². The Morgan fingerprint density at radius 3 is 2.81 bits per heavy atom. The minimum atomic E-state index is -0.407. The molecule has 0 unspecified atom stereocenters. The Morgan fingerprint density at radius 2 is 2.07 bits per heavy atom. The molecule has 1 aliphatic rings. The van der Waals surface area contributed by atoms with Gasteiger partial charge in [0.2, 0.25) is 0 Å². The van der Waals surface area contributed by atoms with Crippen LogP contribution in [0.15, 0.2) is 56.3 Å². The number of benzene rings is 2. The van der Waals surface area contributed by atoms with E-state index >= 15 is 0 Å². The molecule has 0 saturated carbocycles. The first kappa shape index (κ1) is 17.5. The quantitative estimate of drug-likeness (QED) is 0.614. The molecule has 0 bridgehead atoms. The Hall–Kier alpha value is -2.90. The minimum Gasteiger partial charge on any atom is -0.493 e. The molecule has 1 aliphatic heterocycles. The first-order chi connectivity index (χ1) is 13.0. The highest BCUT2D eigenvalue weighted by Crippen LogP contribution is 2.32. The van der Waals surface area contributed by atoms with Crippen molar-refractivity contribution in [3.05, 3.63) is 62.3 Å². The van der Waals surface area contributed by atoms with Crippen molar-refractivity contribution < 1.29 is 13.9 Å². The summed E-state index contributed by atoms with van der Waals surface area (Å²) in [6, 6.07) is 10.4. The third-order valence-electron chi connectivity index (χ3n) is 4.07. The molecule has 27 heavy (non-hydrogen) atoms. The van der Waals surface area contributed by atoms with E-state index in [1.54, 1.807) is 49.4 Å². The topological polar surface area (TPSA) is 72.1 Å². The first-order valence-corrected chi connectivity index (χ1v) is 9.14. The predicted molar refractivity (Wildman–Crippen MR) is 107 cm³/mol. The molecule has 3 aromatic rings. The van der Waals surface area contributed by atoms with Crippen LogP contribution in [0.2, 0.25) is 5.02 Å². The number of hydrazone groups is 1. The maximum atomic E-state index is 12.9. The van der Waals surface area contributed by atoms with Crippen molar-refractivity contribution in [2.24, 2.45) is 5.10 Å². The summed E-state index contributed by atoms with van der Waals surface area (Å²) in [6.07, 6.45) is 1.72. The van der Waals surface area contributed by atoms with Gasteiger partial charge in [-0.15, -0.1) is 0 Å². The molecule has 4 rings (SSSR count). The monoisotopic (exact) mass is 400 g/mol. The van der Waals surface area contributed by atoms with Crippen molar-refractivity contribution >= 4 is 56.6 Å². The van der Waals surface area contributed by atoms with Gasteiger partial charge in [-0.3, -0.25) is 4.79 Å². The highest BCUT2D eigenvalue weighted by atomic mass is 35.5. The van der Waals surface area contributed by atoms with Gasteiger partial charge in [0.05, 0.1) is 28.8 Å². The summed E-state index contributed by atoms with van der Waals surface area (Å²) >= 11 is 7.00. The molecule has 1 aromatic heterocycles. The normalized spacial score (nSPS) is 15.7. The smallest absolute Gasteiger partial charge is 0.396 e. The van der Waals surface area contributed by atoms with Gasteiger partial charge in [-0.1, -0.05) is 29.0 Å². The fourth-order valence-electron chi connectivity index (χ4n) is 2.84. The van der Waals surface area contributed by atoms with Gasteiger partial charge in [-0.25, -0.2) is 4.79 Å². The molecule has 0 N–H and O–H groups in total. The van der Waals surface area contributed by atoms with E-state index < -0.39 is 4.94 Å². The van der Waals surface area contributed by atoms with Crippen LogP contribution in [0.5, 0.6) is 5.75 Å². The molecule has 2 aromatic carbocycles. The van der Waals surface area contributed by atoms with Crippen LogP contribution in [0, 0.1) is 0 Å². The van der Waals surface area contributed by atoms with Crippen LogP contribution in [-0.2, 0) is 4.79 Å². The number of amides is 1. The largest absolute Gasteiger partial charge is 0.493 e. The fraction of sp³-hybridized carbons (Fsp3) is 0.105. The van der Waals surface area contributed by atoms with Gasteiger partial charge in [-0.05, 0) is 48.9 Å². The lowest BCUT2D eigenvalue weighted by molar-refractivity contribution is -0.114. The van der Waals surface area contributed by atoms with Gasteiger partial charge in [0.1, 0.15) is 0 Å². The van der Waals surface area contributed by atoms with E-state index in [1.807, 2.05) is 0 Å². The summed E-state index contributed by atoms with van der Waals surface area (Å²) in [5, 5.41) is 6.19. The lowest BCUT2D eigenvalue weighted by Gasteiger charge is -2.11. The van der Waals surface area contributed by atoms with E-state index in [-0.39, 0.29) is 5.91 Å². The number of ether oxygens (including phenoxy) is 1. The molecule has 1 amide bonds. The molecule has 0 saturated heterocycles. The Bertz CT molecular complexity index is 1190. The lowest BCUT2D eigenvalue weighted by atomic mass is 10.1. The molecule has 8 heteroatoms. The van der Waals surface area contributed by atoms with E-state index in [1.165, 1.54) is 12.1 Å². The lowest BCUT2D eigenvalue weighted by Crippen LogP contribution is -2.21. The van der Waals surface area contributed by atoms with Crippen molar-refractivity contribution in [1.82, 2.24) is 0 Å². The molecule has 0 fully saturated rings. The molecule has 0 spiro atoms. The maximum Gasteiger partial charge on any atom is 0.396 e. The molecular formula is C19H13ClN2O4S. The predicted octanol–water partition coefficient (Wildman–Crippen LogP) is 4.32. The van der Waals surface area contributed by atoms with E-state index in [0.717, 1.165) is 11.3 Å². The standard InChI is InChI=1S/C19H13ClN2O4S/c1-10-14(18(23)22(21-10)13-5-3-4-12(20)9-13)6-11-7-15(25-2)17-16(8-11)27-19(24)26-17/h3-9H,1-2H3/b14-6+. The summed E-state index contributed by atoms with van der Waals surface area (Å²) in [6.45, 7) is 1.76.